The van der Waals surface area contributed by atoms with Crippen molar-refractivity contribution in [2.75, 3.05) is 46.2 Å². The van der Waals surface area contributed by atoms with Gasteiger partial charge in [0.15, 0.2) is 0 Å². The molecule has 4 aliphatic heterocycles. The number of aromatic nitrogens is 3. The Morgan fingerprint density at radius 2 is 1.68 bits per heavy atom. The van der Waals surface area contributed by atoms with Gasteiger partial charge in [0.05, 0.1) is 55.0 Å². The lowest BCUT2D eigenvalue weighted by atomic mass is 9.81. The zero-order valence-corrected chi connectivity index (χ0v) is 35.7. The molecule has 2 bridgehead atoms. The molecule has 12 nitrogen and oxygen atoms in total. The van der Waals surface area contributed by atoms with Crippen LogP contribution >= 0.6 is 0 Å². The number of sulfonamides is 1. The molecule has 1 N–H and O–H groups in total. The predicted octanol–water partition coefficient (Wildman–Crippen LogP) is 7.03. The van der Waals surface area contributed by atoms with Crippen LogP contribution in [0.4, 0.5) is 0 Å². The first-order valence-corrected chi connectivity index (χ1v) is 23.4. The van der Waals surface area contributed by atoms with Crippen molar-refractivity contribution in [2.45, 2.75) is 109 Å². The number of likely N-dealkylation sites (N-methyl/N-ethyl adjacent to an activating group) is 1. The Labute approximate surface area is 347 Å². The Morgan fingerprint density at radius 1 is 0.932 bits per heavy atom. The summed E-state index contributed by atoms with van der Waals surface area (Å²) in [5, 5.41) is 6.19. The minimum absolute atomic E-state index is 0.0283. The Bertz CT molecular complexity index is 2390. The van der Waals surface area contributed by atoms with Crippen LogP contribution in [0.3, 0.4) is 0 Å². The van der Waals surface area contributed by atoms with Crippen molar-refractivity contribution in [3.8, 4) is 17.0 Å². The van der Waals surface area contributed by atoms with Crippen LogP contribution in [-0.2, 0) is 32.5 Å². The number of nitrogens with zero attached hydrogens (tertiary/aromatic N) is 5. The number of amides is 2. The van der Waals surface area contributed by atoms with Crippen LogP contribution in [0.2, 0.25) is 0 Å². The summed E-state index contributed by atoms with van der Waals surface area (Å²) in [5.41, 5.74) is 8.77. The van der Waals surface area contributed by atoms with Gasteiger partial charge < -0.3 is 18.9 Å². The molecule has 6 heterocycles. The smallest absolute Gasteiger partial charge is 0.257 e. The normalized spacial score (nSPS) is 21.6. The molecule has 1 saturated carbocycles. The van der Waals surface area contributed by atoms with Gasteiger partial charge in [-0.05, 0) is 110 Å². The molecule has 2 aromatic heterocycles. The van der Waals surface area contributed by atoms with E-state index in [0.717, 1.165) is 88.8 Å². The predicted molar refractivity (Wildman–Crippen MR) is 230 cm³/mol. The van der Waals surface area contributed by atoms with Crippen molar-refractivity contribution in [1.29, 1.82) is 0 Å². The van der Waals surface area contributed by atoms with Gasteiger partial charge in [-0.15, -0.1) is 0 Å². The lowest BCUT2D eigenvalue weighted by Crippen LogP contribution is -2.53. The summed E-state index contributed by atoms with van der Waals surface area (Å²) in [6.45, 7) is 6.81. The zero-order chi connectivity index (χ0) is 41.0. The summed E-state index contributed by atoms with van der Waals surface area (Å²) >= 11 is 0. The molecule has 2 aromatic carbocycles. The van der Waals surface area contributed by atoms with Gasteiger partial charge in [0.2, 0.25) is 15.9 Å². The highest BCUT2D eigenvalue weighted by Gasteiger charge is 2.41. The van der Waals surface area contributed by atoms with Crippen LogP contribution in [0.1, 0.15) is 116 Å². The van der Waals surface area contributed by atoms with Crippen molar-refractivity contribution >= 4 is 44.4 Å². The van der Waals surface area contributed by atoms with E-state index in [1.165, 1.54) is 24.8 Å². The highest BCUT2D eigenvalue weighted by Crippen LogP contribution is 2.48. The van der Waals surface area contributed by atoms with Crippen molar-refractivity contribution in [1.82, 2.24) is 28.9 Å². The molecular weight excluding hydrogens is 765 g/mol. The van der Waals surface area contributed by atoms with E-state index in [-0.39, 0.29) is 30.0 Å². The number of allylic oxidation sites excluding steroid dienone is 1. The number of hydrogen-bond acceptors (Lipinski definition) is 8. The lowest BCUT2D eigenvalue weighted by molar-refractivity contribution is -0.118. The van der Waals surface area contributed by atoms with Crippen molar-refractivity contribution < 1.29 is 27.5 Å². The number of hydrogen-bond donors (Lipinski definition) is 1. The fourth-order valence-corrected chi connectivity index (χ4v) is 12.1. The van der Waals surface area contributed by atoms with Gasteiger partial charge in [-0.1, -0.05) is 45.2 Å². The largest absolute Gasteiger partial charge is 0.497 e. The molecule has 0 spiro atoms. The second-order valence-corrected chi connectivity index (χ2v) is 19.8. The van der Waals surface area contributed by atoms with E-state index >= 15 is 0 Å². The third-order valence-electron chi connectivity index (χ3n) is 13.5. The average Bonchev–Trinajstić information content (AvgIpc) is 3.80. The summed E-state index contributed by atoms with van der Waals surface area (Å²) < 4.78 is 43.9. The molecule has 3 saturated heterocycles. The van der Waals surface area contributed by atoms with E-state index < -0.39 is 15.9 Å². The Balaban J connectivity index is 1.21. The SMILES string of the molecule is COc1ccc2c(c1)C=C(c1c(C(=O)N3CC4CCC(C3)N4C)cnn1C1CCOCC1)Cn1c-2c(C2CCCCC2)c2ccc(CC(=O)NS(=O)(=O)CC(C)C)cc21. The Hall–Kier alpha value is -4.46. The molecule has 2 atom stereocenters. The standard InChI is InChI=1S/C46H58N6O6S/c1-29(2)28-59(55,56)48-42(53)21-30-10-14-39-41(20-30)51-25-33(22-32-23-37(57-4)13-15-38(32)45(51)43(39)31-8-6-5-7-9-31)44-40(24-47-52(44)34-16-18-58-19-17-34)46(54)50-26-35-11-12-36(27-50)49(35)3/h10,13-15,20,22-24,29,31,34-36H,5-9,11-12,16-19,21,25-28H2,1-4H3,(H,48,53). The molecule has 2 unspecified atom stereocenters. The van der Waals surface area contributed by atoms with E-state index in [1.54, 1.807) is 13.3 Å². The summed E-state index contributed by atoms with van der Waals surface area (Å²) in [6, 6.07) is 13.3. The number of fused-ring (bicyclic) bond motifs is 7. The third kappa shape index (κ3) is 7.74. The van der Waals surface area contributed by atoms with Gasteiger partial charge in [-0.3, -0.25) is 23.9 Å². The quantitative estimate of drug-likeness (QED) is 0.181. The van der Waals surface area contributed by atoms with Crippen molar-refractivity contribution in [2.24, 2.45) is 5.92 Å². The first kappa shape index (κ1) is 40.0. The van der Waals surface area contributed by atoms with E-state index in [0.29, 0.717) is 56.4 Å². The van der Waals surface area contributed by atoms with Gasteiger partial charge in [0.1, 0.15) is 5.75 Å². The second-order valence-electron chi connectivity index (χ2n) is 18.0. The van der Waals surface area contributed by atoms with E-state index in [1.807, 2.05) is 26.0 Å². The summed E-state index contributed by atoms with van der Waals surface area (Å²) in [4.78, 5) is 32.7. The molecule has 2 amide bonds. The molecule has 5 aliphatic rings. The lowest BCUT2D eigenvalue weighted by Gasteiger charge is -2.39. The number of likely N-dealkylation sites (tertiary alicyclic amines) is 1. The van der Waals surface area contributed by atoms with Gasteiger partial charge >= 0.3 is 0 Å². The third-order valence-corrected chi connectivity index (χ3v) is 15.2. The zero-order valence-electron chi connectivity index (χ0n) is 34.9. The van der Waals surface area contributed by atoms with Gasteiger partial charge in [-0.2, -0.15) is 5.10 Å². The fourth-order valence-electron chi connectivity index (χ4n) is 10.7. The minimum Gasteiger partial charge on any atom is -0.497 e. The fraction of sp³-hybridized carbons (Fsp3) is 0.543. The number of ether oxygens (including phenoxy) is 2. The summed E-state index contributed by atoms with van der Waals surface area (Å²) in [6.07, 6.45) is 13.6. The van der Waals surface area contributed by atoms with Gasteiger partial charge in [-0.25, -0.2) is 8.42 Å². The molecule has 13 heteroatoms. The average molecular weight is 823 g/mol. The van der Waals surface area contributed by atoms with Crippen LogP contribution in [0.15, 0.2) is 42.6 Å². The number of piperazine rings is 1. The molecular formula is C46H58N6O6S. The molecule has 4 fully saturated rings. The maximum Gasteiger partial charge on any atom is 0.257 e. The number of nitrogens with one attached hydrogen (secondary N) is 1. The number of carbonyl (C=O) groups excluding carboxylic acids is 2. The number of methoxy groups -OCH3 is 1. The first-order chi connectivity index (χ1) is 28.5. The minimum atomic E-state index is -3.75. The number of rotatable bonds is 10. The topological polar surface area (TPSA) is 128 Å². The van der Waals surface area contributed by atoms with E-state index in [2.05, 4.69) is 61.2 Å². The van der Waals surface area contributed by atoms with E-state index in [9.17, 15) is 18.0 Å². The highest BCUT2D eigenvalue weighted by atomic mass is 32.2. The molecule has 1 aliphatic carbocycles. The van der Waals surface area contributed by atoms with Gasteiger partial charge in [0, 0.05) is 54.9 Å². The highest BCUT2D eigenvalue weighted by molar-refractivity contribution is 7.90. The Kier molecular flexibility index (Phi) is 11.0. The second kappa shape index (κ2) is 16.2. The number of benzene rings is 2. The maximum atomic E-state index is 14.9. The Morgan fingerprint density at radius 3 is 2.39 bits per heavy atom. The number of carbonyl (C=O) groups is 2. The molecule has 314 valence electrons. The summed E-state index contributed by atoms with van der Waals surface area (Å²) in [7, 11) is 0.128. The monoisotopic (exact) mass is 822 g/mol. The molecule has 59 heavy (non-hydrogen) atoms. The van der Waals surface area contributed by atoms with Crippen LogP contribution in [0, 0.1) is 5.92 Å². The van der Waals surface area contributed by atoms with Crippen LogP contribution in [0.5, 0.6) is 5.75 Å². The maximum absolute atomic E-state index is 14.9. The van der Waals surface area contributed by atoms with Crippen molar-refractivity contribution in [3.63, 3.8) is 0 Å². The van der Waals surface area contributed by atoms with Gasteiger partial charge in [0.25, 0.3) is 5.91 Å². The molecule has 4 aromatic rings. The van der Waals surface area contributed by atoms with E-state index in [4.69, 9.17) is 14.6 Å². The van der Waals surface area contributed by atoms with Crippen LogP contribution < -0.4 is 9.46 Å². The first-order valence-electron chi connectivity index (χ1n) is 21.7. The van der Waals surface area contributed by atoms with Crippen LogP contribution in [-0.4, -0.2) is 103 Å². The molecule has 0 radical (unpaired) electrons. The summed E-state index contributed by atoms with van der Waals surface area (Å²) in [5.74, 6) is 0.377. The van der Waals surface area contributed by atoms with Crippen LogP contribution in [0.25, 0.3) is 33.8 Å². The van der Waals surface area contributed by atoms with Crippen molar-refractivity contribution in [3.05, 3.63) is 70.5 Å². The molecule has 9 rings (SSSR count).